The molecular formula is C14H21ClFN3O. The molecule has 1 aliphatic rings. The second-order valence-electron chi connectivity index (χ2n) is 4.81. The fourth-order valence-corrected chi connectivity index (χ4v) is 2.10. The molecule has 0 unspecified atom stereocenters. The molecule has 1 aromatic rings. The number of aryl methyl sites for hydroxylation is 1. The topological polar surface area (TPSA) is 44.4 Å². The number of hydrogen-bond donors (Lipinski definition) is 2. The van der Waals surface area contributed by atoms with Gasteiger partial charge in [0.25, 0.3) is 5.91 Å². The fraction of sp³-hybridized carbons (Fsp3) is 0.500. The molecule has 1 saturated heterocycles. The van der Waals surface area contributed by atoms with Crippen LogP contribution in [0.1, 0.15) is 15.9 Å². The Hall–Kier alpha value is -1.17. The van der Waals surface area contributed by atoms with Crippen molar-refractivity contribution in [1.29, 1.82) is 0 Å². The smallest absolute Gasteiger partial charge is 0.251 e. The number of nitrogens with one attached hydrogen (secondary N) is 2. The Balaban J connectivity index is 0.00000200. The zero-order valence-electron chi connectivity index (χ0n) is 11.6. The summed E-state index contributed by atoms with van der Waals surface area (Å²) in [6.07, 6.45) is 0. The molecule has 0 aliphatic carbocycles. The summed E-state index contributed by atoms with van der Waals surface area (Å²) in [7, 11) is 0. The first-order chi connectivity index (χ1) is 9.16. The number of halogens is 2. The standard InChI is InChI=1S/C14H20FN3O.ClH/c1-11-2-3-12(10-13(11)15)14(19)17-6-9-18-7-4-16-5-8-18;/h2-3,10,16H,4-9H2,1H3,(H,17,19);1H. The summed E-state index contributed by atoms with van der Waals surface area (Å²) < 4.78 is 13.4. The van der Waals surface area contributed by atoms with Crippen LogP contribution >= 0.6 is 12.4 Å². The van der Waals surface area contributed by atoms with Crippen LogP contribution in [0.2, 0.25) is 0 Å². The average Bonchev–Trinajstić information content (AvgIpc) is 2.43. The summed E-state index contributed by atoms with van der Waals surface area (Å²) in [6, 6.07) is 4.56. The Labute approximate surface area is 125 Å². The maximum Gasteiger partial charge on any atom is 0.251 e. The normalized spacial score (nSPS) is 15.5. The van der Waals surface area contributed by atoms with E-state index in [4.69, 9.17) is 0 Å². The van der Waals surface area contributed by atoms with Gasteiger partial charge >= 0.3 is 0 Å². The van der Waals surface area contributed by atoms with Crippen LogP contribution in [0, 0.1) is 12.7 Å². The largest absolute Gasteiger partial charge is 0.351 e. The van der Waals surface area contributed by atoms with Crippen molar-refractivity contribution in [3.05, 3.63) is 35.1 Å². The Kier molecular flexibility index (Phi) is 6.91. The van der Waals surface area contributed by atoms with E-state index in [-0.39, 0.29) is 24.1 Å². The van der Waals surface area contributed by atoms with Crippen molar-refractivity contribution in [1.82, 2.24) is 15.5 Å². The van der Waals surface area contributed by atoms with E-state index in [1.807, 2.05) is 0 Å². The molecule has 0 spiro atoms. The fourth-order valence-electron chi connectivity index (χ4n) is 2.10. The number of carbonyl (C=O) groups is 1. The Morgan fingerprint density at radius 1 is 1.40 bits per heavy atom. The predicted molar refractivity (Wildman–Crippen MR) is 80.0 cm³/mol. The maximum atomic E-state index is 13.4. The lowest BCUT2D eigenvalue weighted by Gasteiger charge is -2.27. The van der Waals surface area contributed by atoms with E-state index in [9.17, 15) is 9.18 Å². The zero-order chi connectivity index (χ0) is 13.7. The Morgan fingerprint density at radius 3 is 2.75 bits per heavy atom. The number of hydrogen-bond acceptors (Lipinski definition) is 3. The maximum absolute atomic E-state index is 13.4. The van der Waals surface area contributed by atoms with E-state index in [1.54, 1.807) is 19.1 Å². The summed E-state index contributed by atoms with van der Waals surface area (Å²) in [5, 5.41) is 6.11. The number of nitrogens with zero attached hydrogens (tertiary/aromatic N) is 1. The van der Waals surface area contributed by atoms with Gasteiger partial charge in [-0.25, -0.2) is 4.39 Å². The molecule has 6 heteroatoms. The van der Waals surface area contributed by atoms with Gasteiger partial charge in [-0.15, -0.1) is 12.4 Å². The Bertz CT molecular complexity index is 450. The summed E-state index contributed by atoms with van der Waals surface area (Å²) >= 11 is 0. The van der Waals surface area contributed by atoms with Crippen LogP contribution < -0.4 is 10.6 Å². The summed E-state index contributed by atoms with van der Waals surface area (Å²) in [5.41, 5.74) is 0.931. The molecule has 0 atom stereocenters. The van der Waals surface area contributed by atoms with E-state index in [2.05, 4.69) is 15.5 Å². The minimum atomic E-state index is -0.338. The minimum Gasteiger partial charge on any atom is -0.351 e. The highest BCUT2D eigenvalue weighted by Crippen LogP contribution is 2.08. The van der Waals surface area contributed by atoms with Crippen molar-refractivity contribution < 1.29 is 9.18 Å². The molecule has 112 valence electrons. The molecule has 1 amide bonds. The molecule has 0 radical (unpaired) electrons. The van der Waals surface area contributed by atoms with Gasteiger partial charge in [-0.3, -0.25) is 9.69 Å². The molecule has 0 saturated carbocycles. The number of rotatable bonds is 4. The van der Waals surface area contributed by atoms with Gasteiger partial charge in [-0.2, -0.15) is 0 Å². The van der Waals surface area contributed by atoms with Crippen molar-refractivity contribution in [2.24, 2.45) is 0 Å². The third-order valence-corrected chi connectivity index (χ3v) is 3.36. The minimum absolute atomic E-state index is 0. The second-order valence-corrected chi connectivity index (χ2v) is 4.81. The molecule has 20 heavy (non-hydrogen) atoms. The second kappa shape index (κ2) is 8.19. The number of amides is 1. The van der Waals surface area contributed by atoms with Crippen LogP contribution in [0.3, 0.4) is 0 Å². The molecule has 0 bridgehead atoms. The van der Waals surface area contributed by atoms with Crippen LogP contribution in [0.4, 0.5) is 4.39 Å². The number of carbonyl (C=O) groups excluding carboxylic acids is 1. The van der Waals surface area contributed by atoms with E-state index in [0.717, 1.165) is 32.7 Å². The van der Waals surface area contributed by atoms with Crippen LogP contribution in [0.5, 0.6) is 0 Å². The molecule has 4 nitrogen and oxygen atoms in total. The molecule has 1 aromatic carbocycles. The molecule has 2 rings (SSSR count). The van der Waals surface area contributed by atoms with Gasteiger partial charge in [0.15, 0.2) is 0 Å². The summed E-state index contributed by atoms with van der Waals surface area (Å²) in [6.45, 7) is 7.12. The predicted octanol–water partition coefficient (Wildman–Crippen LogP) is 1.19. The lowest BCUT2D eigenvalue weighted by molar-refractivity contribution is 0.0947. The van der Waals surface area contributed by atoms with Crippen molar-refractivity contribution in [3.8, 4) is 0 Å². The van der Waals surface area contributed by atoms with E-state index >= 15 is 0 Å². The van der Waals surface area contributed by atoms with Crippen LogP contribution in [-0.4, -0.2) is 50.1 Å². The van der Waals surface area contributed by atoms with Gasteiger partial charge in [0.05, 0.1) is 0 Å². The van der Waals surface area contributed by atoms with Gasteiger partial charge in [-0.05, 0) is 24.6 Å². The first-order valence-electron chi connectivity index (χ1n) is 6.64. The quantitative estimate of drug-likeness (QED) is 0.878. The van der Waals surface area contributed by atoms with E-state index in [1.165, 1.54) is 6.07 Å². The van der Waals surface area contributed by atoms with E-state index < -0.39 is 0 Å². The molecule has 1 aliphatic heterocycles. The Morgan fingerprint density at radius 2 is 2.10 bits per heavy atom. The third kappa shape index (κ3) is 4.74. The molecule has 1 heterocycles. The number of piperazine rings is 1. The van der Waals surface area contributed by atoms with E-state index in [0.29, 0.717) is 17.7 Å². The van der Waals surface area contributed by atoms with Gasteiger partial charge in [0, 0.05) is 44.8 Å². The lowest BCUT2D eigenvalue weighted by Crippen LogP contribution is -2.46. The first-order valence-corrected chi connectivity index (χ1v) is 6.64. The lowest BCUT2D eigenvalue weighted by atomic mass is 10.1. The first kappa shape index (κ1) is 16.9. The van der Waals surface area contributed by atoms with Crippen molar-refractivity contribution in [3.63, 3.8) is 0 Å². The van der Waals surface area contributed by atoms with Crippen molar-refractivity contribution >= 4 is 18.3 Å². The van der Waals surface area contributed by atoms with Gasteiger partial charge in [-0.1, -0.05) is 6.07 Å². The highest BCUT2D eigenvalue weighted by Gasteiger charge is 2.11. The highest BCUT2D eigenvalue weighted by molar-refractivity contribution is 5.94. The molecule has 1 fully saturated rings. The SMILES string of the molecule is Cc1ccc(C(=O)NCCN2CCNCC2)cc1F.Cl. The van der Waals surface area contributed by atoms with Gasteiger partial charge in [0.1, 0.15) is 5.82 Å². The highest BCUT2D eigenvalue weighted by atomic mass is 35.5. The van der Waals surface area contributed by atoms with Crippen LogP contribution in [0.25, 0.3) is 0 Å². The van der Waals surface area contributed by atoms with Gasteiger partial charge in [0.2, 0.25) is 0 Å². The monoisotopic (exact) mass is 301 g/mol. The van der Waals surface area contributed by atoms with Crippen LogP contribution in [-0.2, 0) is 0 Å². The number of benzene rings is 1. The summed E-state index contributed by atoms with van der Waals surface area (Å²) in [5.74, 6) is -0.552. The van der Waals surface area contributed by atoms with Crippen molar-refractivity contribution in [2.45, 2.75) is 6.92 Å². The molecule has 0 aromatic heterocycles. The molecule has 2 N–H and O–H groups in total. The van der Waals surface area contributed by atoms with Gasteiger partial charge < -0.3 is 10.6 Å². The third-order valence-electron chi connectivity index (χ3n) is 3.36. The molecular weight excluding hydrogens is 281 g/mol. The zero-order valence-corrected chi connectivity index (χ0v) is 12.4. The summed E-state index contributed by atoms with van der Waals surface area (Å²) in [4.78, 5) is 14.1. The average molecular weight is 302 g/mol. The van der Waals surface area contributed by atoms with Crippen LogP contribution in [0.15, 0.2) is 18.2 Å². The van der Waals surface area contributed by atoms with Crippen molar-refractivity contribution in [2.75, 3.05) is 39.3 Å².